The van der Waals surface area contributed by atoms with Gasteiger partial charge in [0.05, 0.1) is 40.7 Å². The zero-order valence-corrected chi connectivity index (χ0v) is 35.6. The SMILES string of the molecule is CC(C)N(CC1CCN(c2cnc(C(=O)NC3CCC(Oc4ccc(C#N)c(Cl)c4)CC3)cn2)CC1)C1CC(Oc2ccc3c(c2)C2(CC2)N(C2CCC(=O)NC2O)C3=O)C1. The van der Waals surface area contributed by atoms with Gasteiger partial charge in [-0.25, -0.2) is 9.97 Å². The molecule has 2 unspecified atom stereocenters. The summed E-state index contributed by atoms with van der Waals surface area (Å²) in [6.45, 7) is 7.37. The van der Waals surface area contributed by atoms with Crippen LogP contribution in [0.2, 0.25) is 5.02 Å². The number of amides is 3. The molecule has 3 aliphatic carbocycles. The number of aliphatic hydroxyl groups excluding tert-OH is 1. The summed E-state index contributed by atoms with van der Waals surface area (Å²) in [6, 6.07) is 13.5. The van der Waals surface area contributed by atoms with Gasteiger partial charge in [-0.3, -0.25) is 19.3 Å². The molecule has 1 spiro atoms. The fourth-order valence-electron chi connectivity index (χ4n) is 10.3. The normalized spacial score (nSPS) is 27.0. The van der Waals surface area contributed by atoms with Crippen LogP contribution < -0.4 is 25.0 Å². The zero-order valence-electron chi connectivity index (χ0n) is 34.9. The molecule has 6 aliphatic rings. The lowest BCUT2D eigenvalue weighted by Gasteiger charge is -2.46. The summed E-state index contributed by atoms with van der Waals surface area (Å²) >= 11 is 6.16. The number of nitrogens with zero attached hydrogens (tertiary/aromatic N) is 6. The van der Waals surface area contributed by atoms with E-state index in [1.54, 1.807) is 30.6 Å². The lowest BCUT2D eigenvalue weighted by molar-refractivity contribution is -0.130. The van der Waals surface area contributed by atoms with Crippen LogP contribution in [0.4, 0.5) is 5.82 Å². The zero-order chi connectivity index (χ0) is 42.4. The fourth-order valence-corrected chi connectivity index (χ4v) is 10.5. The van der Waals surface area contributed by atoms with Crippen LogP contribution in [0.15, 0.2) is 48.8 Å². The number of benzene rings is 2. The van der Waals surface area contributed by atoms with Crippen molar-refractivity contribution in [3.63, 3.8) is 0 Å². The van der Waals surface area contributed by atoms with E-state index >= 15 is 0 Å². The van der Waals surface area contributed by atoms with E-state index in [0.29, 0.717) is 58.4 Å². The predicted octanol–water partition coefficient (Wildman–Crippen LogP) is 5.70. The van der Waals surface area contributed by atoms with Crippen molar-refractivity contribution >= 4 is 35.1 Å². The number of hydrogen-bond donors (Lipinski definition) is 3. The molecule has 0 bridgehead atoms. The summed E-state index contributed by atoms with van der Waals surface area (Å²) in [4.78, 5) is 54.4. The number of aromatic nitrogens is 2. The molecule has 3 aromatic rings. The molecule has 322 valence electrons. The number of aliphatic hydroxyl groups is 1. The molecule has 0 radical (unpaired) electrons. The highest BCUT2D eigenvalue weighted by Crippen LogP contribution is 2.58. The van der Waals surface area contributed by atoms with Crippen molar-refractivity contribution in [1.29, 1.82) is 5.26 Å². The van der Waals surface area contributed by atoms with Crippen molar-refractivity contribution in [1.82, 2.24) is 30.4 Å². The molecule has 3 N–H and O–H groups in total. The summed E-state index contributed by atoms with van der Waals surface area (Å²) in [5.74, 6) is 2.34. The van der Waals surface area contributed by atoms with Gasteiger partial charge in [-0.15, -0.1) is 0 Å². The van der Waals surface area contributed by atoms with Crippen LogP contribution in [0.1, 0.15) is 123 Å². The van der Waals surface area contributed by atoms with E-state index in [-0.39, 0.29) is 36.0 Å². The lowest BCUT2D eigenvalue weighted by atomic mass is 9.85. The molecular weight excluding hydrogens is 796 g/mol. The first-order valence-corrected chi connectivity index (χ1v) is 22.5. The number of carbonyl (C=O) groups is 3. The average Bonchev–Trinajstić information content (AvgIpc) is 4.00. The molecule has 3 saturated carbocycles. The van der Waals surface area contributed by atoms with Gasteiger partial charge < -0.3 is 35.0 Å². The Labute approximate surface area is 361 Å². The minimum Gasteiger partial charge on any atom is -0.490 e. The van der Waals surface area contributed by atoms with Crippen LogP contribution in [0.3, 0.4) is 0 Å². The predicted molar refractivity (Wildman–Crippen MR) is 227 cm³/mol. The van der Waals surface area contributed by atoms with Crippen LogP contribution in [0.5, 0.6) is 11.5 Å². The Morgan fingerprint density at radius 2 is 1.72 bits per heavy atom. The molecule has 2 saturated heterocycles. The Bertz CT molecular complexity index is 2170. The summed E-state index contributed by atoms with van der Waals surface area (Å²) in [6.07, 6.45) is 12.1. The molecule has 14 nitrogen and oxygen atoms in total. The highest BCUT2D eigenvalue weighted by Gasteiger charge is 2.61. The molecule has 1 aromatic heterocycles. The third kappa shape index (κ3) is 8.49. The molecule has 2 atom stereocenters. The summed E-state index contributed by atoms with van der Waals surface area (Å²) in [5.41, 5.74) is 1.99. The summed E-state index contributed by atoms with van der Waals surface area (Å²) in [7, 11) is 0. The van der Waals surface area contributed by atoms with E-state index in [1.165, 1.54) is 0 Å². The number of anilines is 1. The molecule has 4 heterocycles. The Hall–Kier alpha value is -4.97. The van der Waals surface area contributed by atoms with Crippen molar-refractivity contribution in [2.45, 2.75) is 139 Å². The third-order valence-electron chi connectivity index (χ3n) is 14.0. The number of ether oxygens (including phenoxy) is 2. The lowest BCUT2D eigenvalue weighted by Crippen LogP contribution is -2.57. The Morgan fingerprint density at radius 3 is 2.38 bits per heavy atom. The first-order chi connectivity index (χ1) is 29.5. The third-order valence-corrected chi connectivity index (χ3v) is 14.3. The number of piperidine rings is 2. The monoisotopic (exact) mass is 850 g/mol. The molecule has 15 heteroatoms. The van der Waals surface area contributed by atoms with Gasteiger partial charge >= 0.3 is 0 Å². The summed E-state index contributed by atoms with van der Waals surface area (Å²) < 4.78 is 12.6. The number of carbonyl (C=O) groups excluding carboxylic acids is 3. The Morgan fingerprint density at radius 1 is 1.00 bits per heavy atom. The topological polar surface area (TPSA) is 173 Å². The Kier molecular flexibility index (Phi) is 11.6. The van der Waals surface area contributed by atoms with Crippen LogP contribution in [0, 0.1) is 17.2 Å². The van der Waals surface area contributed by atoms with Crippen molar-refractivity contribution in [3.05, 3.63) is 76.2 Å². The second-order valence-electron chi connectivity index (χ2n) is 18.2. The van der Waals surface area contributed by atoms with E-state index in [2.05, 4.69) is 50.3 Å². The maximum Gasteiger partial charge on any atom is 0.271 e. The number of fused-ring (bicyclic) bond motifs is 2. The van der Waals surface area contributed by atoms with Crippen molar-refractivity contribution < 1.29 is 29.0 Å². The van der Waals surface area contributed by atoms with Gasteiger partial charge in [0.25, 0.3) is 11.8 Å². The van der Waals surface area contributed by atoms with Gasteiger partial charge in [0.1, 0.15) is 41.4 Å². The quantitative estimate of drug-likeness (QED) is 0.204. The van der Waals surface area contributed by atoms with Gasteiger partial charge in [-0.1, -0.05) is 11.6 Å². The number of rotatable bonds is 12. The van der Waals surface area contributed by atoms with Crippen molar-refractivity contribution in [2.24, 2.45) is 5.92 Å². The fraction of sp³-hybridized carbons (Fsp3) is 0.565. The molecule has 2 aromatic carbocycles. The molecule has 5 fully saturated rings. The van der Waals surface area contributed by atoms with Crippen molar-refractivity contribution in [2.75, 3.05) is 24.5 Å². The second-order valence-corrected chi connectivity index (χ2v) is 18.6. The number of halogens is 1. The minimum atomic E-state index is -1.06. The number of nitrogens with one attached hydrogen (secondary N) is 2. The van der Waals surface area contributed by atoms with E-state index in [4.69, 9.17) is 26.3 Å². The van der Waals surface area contributed by atoms with Crippen LogP contribution >= 0.6 is 11.6 Å². The molecular formula is C46H55ClN8O6. The van der Waals surface area contributed by atoms with Gasteiger partial charge in [0, 0.05) is 68.7 Å². The Balaban J connectivity index is 0.710. The standard InChI is InChI=1S/C46H55ClN8O6/c1-27(2)54(31-19-35(20-31)61-33-9-10-36-37(21-33)46(15-16-46)55(45(36)59)40-11-12-42(56)52-44(40)58)26-28-13-17-53(18-14-28)41-25-49-39(24-50-41)43(57)51-30-4-7-32(8-5-30)60-34-6-3-29(23-48)38(47)22-34/h3,6,9-10,21-22,24-25,27-28,30-32,35,40,44,58H,4-5,7-8,11-20,26H2,1-2H3,(H,51,57)(H,52,56). The molecule has 3 aliphatic heterocycles. The maximum absolute atomic E-state index is 13.6. The molecule has 61 heavy (non-hydrogen) atoms. The average molecular weight is 851 g/mol. The van der Waals surface area contributed by atoms with Crippen molar-refractivity contribution in [3.8, 4) is 17.6 Å². The van der Waals surface area contributed by atoms with E-state index < -0.39 is 17.8 Å². The summed E-state index contributed by atoms with van der Waals surface area (Å²) in [5, 5.41) is 25.9. The molecule has 3 amide bonds. The molecule has 9 rings (SSSR count). The largest absolute Gasteiger partial charge is 0.490 e. The van der Waals surface area contributed by atoms with Gasteiger partial charge in [0.2, 0.25) is 5.91 Å². The van der Waals surface area contributed by atoms with Crippen LogP contribution in [-0.2, 0) is 10.3 Å². The first kappa shape index (κ1) is 41.4. The number of hydrogen-bond acceptors (Lipinski definition) is 11. The second kappa shape index (κ2) is 17.1. The smallest absolute Gasteiger partial charge is 0.271 e. The highest BCUT2D eigenvalue weighted by molar-refractivity contribution is 6.31. The van der Waals surface area contributed by atoms with E-state index in [0.717, 1.165) is 101 Å². The highest BCUT2D eigenvalue weighted by atomic mass is 35.5. The van der Waals surface area contributed by atoms with Gasteiger partial charge in [-0.2, -0.15) is 5.26 Å². The minimum absolute atomic E-state index is 0.0262. The van der Waals surface area contributed by atoms with E-state index in [1.807, 2.05) is 23.1 Å². The first-order valence-electron chi connectivity index (χ1n) is 22.1. The van der Waals surface area contributed by atoms with E-state index in [9.17, 15) is 19.5 Å². The number of nitriles is 1. The van der Waals surface area contributed by atoms with Gasteiger partial charge in [0.15, 0.2) is 0 Å². The van der Waals surface area contributed by atoms with Crippen LogP contribution in [0.25, 0.3) is 0 Å². The van der Waals surface area contributed by atoms with Crippen LogP contribution in [-0.4, -0.2) is 105 Å². The maximum atomic E-state index is 13.6. The van der Waals surface area contributed by atoms with Gasteiger partial charge in [-0.05, 0) is 113 Å².